The van der Waals surface area contributed by atoms with Crippen molar-refractivity contribution < 1.29 is 4.74 Å². The third kappa shape index (κ3) is 8.47. The van der Waals surface area contributed by atoms with E-state index in [0.29, 0.717) is 24.2 Å². The van der Waals surface area contributed by atoms with Crippen LogP contribution in [0.5, 0.6) is 5.75 Å². The number of nitrogens with zero attached hydrogens (tertiary/aromatic N) is 1. The number of hydrogen-bond donors (Lipinski definition) is 2. The van der Waals surface area contributed by atoms with Crippen molar-refractivity contribution in [1.29, 1.82) is 0 Å². The van der Waals surface area contributed by atoms with Gasteiger partial charge in [0, 0.05) is 17.6 Å². The molecule has 1 rings (SSSR count). The second-order valence-corrected chi connectivity index (χ2v) is 4.80. The van der Waals surface area contributed by atoms with Crippen LogP contribution >= 0.6 is 35.6 Å². The molecule has 0 spiro atoms. The first-order chi connectivity index (χ1) is 9.11. The second-order valence-electron chi connectivity index (χ2n) is 4.37. The Morgan fingerprint density at radius 1 is 1.40 bits per heavy atom. The van der Waals surface area contributed by atoms with Gasteiger partial charge in [0.25, 0.3) is 0 Å². The van der Waals surface area contributed by atoms with Crippen LogP contribution in [0, 0.1) is 0 Å². The van der Waals surface area contributed by atoms with Crippen molar-refractivity contribution in [3.8, 4) is 5.75 Å². The fraction of sp³-hybridized carbons (Fsp3) is 0.500. The standard InChI is InChI=1S/C14H22ClN3O.HI/c1-4-16-14(18-11(2)3)17-8-9-19-13-7-5-6-12(15)10-13;/h5-7,10-11H,4,8-9H2,1-3H3,(H2,16,17,18);1H. The summed E-state index contributed by atoms with van der Waals surface area (Å²) in [4.78, 5) is 4.43. The van der Waals surface area contributed by atoms with Crippen molar-refractivity contribution in [1.82, 2.24) is 10.6 Å². The Labute approximate surface area is 143 Å². The molecule has 20 heavy (non-hydrogen) atoms. The zero-order valence-electron chi connectivity index (χ0n) is 12.1. The first-order valence-electron chi connectivity index (χ1n) is 6.55. The molecule has 0 bridgehead atoms. The molecule has 2 N–H and O–H groups in total. The number of benzene rings is 1. The fourth-order valence-corrected chi connectivity index (χ4v) is 1.65. The maximum Gasteiger partial charge on any atom is 0.191 e. The van der Waals surface area contributed by atoms with Crippen molar-refractivity contribution in [2.45, 2.75) is 26.8 Å². The third-order valence-electron chi connectivity index (χ3n) is 2.20. The first kappa shape index (κ1) is 19.3. The third-order valence-corrected chi connectivity index (χ3v) is 2.43. The van der Waals surface area contributed by atoms with Crippen LogP contribution in [0.1, 0.15) is 20.8 Å². The van der Waals surface area contributed by atoms with Crippen molar-refractivity contribution >= 4 is 41.5 Å². The SMILES string of the molecule is CCNC(=NCCOc1cccc(Cl)c1)NC(C)C.I. The minimum absolute atomic E-state index is 0. The van der Waals surface area contributed by atoms with E-state index in [-0.39, 0.29) is 24.0 Å². The van der Waals surface area contributed by atoms with E-state index in [1.54, 1.807) is 6.07 Å². The van der Waals surface area contributed by atoms with E-state index >= 15 is 0 Å². The summed E-state index contributed by atoms with van der Waals surface area (Å²) in [5.74, 6) is 1.58. The average molecular weight is 412 g/mol. The van der Waals surface area contributed by atoms with Gasteiger partial charge in [-0.25, -0.2) is 4.99 Å². The summed E-state index contributed by atoms with van der Waals surface area (Å²) in [6.45, 7) is 8.15. The predicted octanol–water partition coefficient (Wildman–Crippen LogP) is 3.30. The lowest BCUT2D eigenvalue weighted by Crippen LogP contribution is -2.41. The fourth-order valence-electron chi connectivity index (χ4n) is 1.47. The molecule has 4 nitrogen and oxygen atoms in total. The lowest BCUT2D eigenvalue weighted by molar-refractivity contribution is 0.328. The minimum atomic E-state index is 0. The second kappa shape index (κ2) is 11.0. The molecular weight excluding hydrogens is 389 g/mol. The lowest BCUT2D eigenvalue weighted by atomic mass is 10.3. The maximum atomic E-state index is 5.88. The molecule has 0 saturated heterocycles. The molecule has 0 saturated carbocycles. The number of aliphatic imine (C=N–C) groups is 1. The Bertz CT molecular complexity index is 413. The van der Waals surface area contributed by atoms with E-state index in [0.717, 1.165) is 18.3 Å². The van der Waals surface area contributed by atoms with Crippen molar-refractivity contribution in [2.75, 3.05) is 19.7 Å². The number of nitrogens with one attached hydrogen (secondary N) is 2. The Kier molecular flexibility index (Phi) is 10.6. The molecule has 1 aromatic carbocycles. The van der Waals surface area contributed by atoms with Crippen LogP contribution in [0.15, 0.2) is 29.3 Å². The van der Waals surface area contributed by atoms with E-state index in [2.05, 4.69) is 29.5 Å². The monoisotopic (exact) mass is 411 g/mol. The van der Waals surface area contributed by atoms with Crippen molar-refractivity contribution in [3.05, 3.63) is 29.3 Å². The molecule has 0 aliphatic heterocycles. The summed E-state index contributed by atoms with van der Waals surface area (Å²) in [5, 5.41) is 7.11. The van der Waals surface area contributed by atoms with Gasteiger partial charge < -0.3 is 15.4 Å². The number of hydrogen-bond acceptors (Lipinski definition) is 2. The molecule has 0 aromatic heterocycles. The van der Waals surface area contributed by atoms with Crippen molar-refractivity contribution in [3.63, 3.8) is 0 Å². The zero-order valence-corrected chi connectivity index (χ0v) is 15.2. The number of rotatable bonds is 6. The molecule has 0 aliphatic carbocycles. The van der Waals surface area contributed by atoms with E-state index in [4.69, 9.17) is 16.3 Å². The summed E-state index contributed by atoms with van der Waals surface area (Å²) in [6.07, 6.45) is 0. The van der Waals surface area contributed by atoms with E-state index < -0.39 is 0 Å². The molecule has 6 heteroatoms. The molecule has 0 atom stereocenters. The summed E-state index contributed by atoms with van der Waals surface area (Å²) >= 11 is 5.88. The molecule has 0 fully saturated rings. The van der Waals surface area contributed by atoms with Gasteiger partial charge in [0.1, 0.15) is 12.4 Å². The minimum Gasteiger partial charge on any atom is -0.492 e. The van der Waals surface area contributed by atoms with Crippen LogP contribution in [0.4, 0.5) is 0 Å². The van der Waals surface area contributed by atoms with Gasteiger partial charge in [-0.05, 0) is 39.0 Å². The smallest absolute Gasteiger partial charge is 0.191 e. The number of guanidine groups is 1. The van der Waals surface area contributed by atoms with Gasteiger partial charge >= 0.3 is 0 Å². The van der Waals surface area contributed by atoms with Crippen LogP contribution in [-0.2, 0) is 0 Å². The summed E-state index contributed by atoms with van der Waals surface area (Å²) in [6, 6.07) is 7.72. The summed E-state index contributed by atoms with van der Waals surface area (Å²) < 4.78 is 5.57. The highest BCUT2D eigenvalue weighted by atomic mass is 127. The Balaban J connectivity index is 0.00000361. The number of halogens is 2. The summed E-state index contributed by atoms with van der Waals surface area (Å²) in [5.41, 5.74) is 0. The van der Waals surface area contributed by atoms with Gasteiger partial charge in [0.15, 0.2) is 5.96 Å². The molecule has 0 aliphatic rings. The lowest BCUT2D eigenvalue weighted by Gasteiger charge is -2.14. The molecular formula is C14H23ClIN3O. The van der Waals surface area contributed by atoms with Gasteiger partial charge in [-0.3, -0.25) is 0 Å². The van der Waals surface area contributed by atoms with Gasteiger partial charge in [-0.1, -0.05) is 17.7 Å². The predicted molar refractivity (Wildman–Crippen MR) is 96.6 cm³/mol. The Morgan fingerprint density at radius 2 is 2.15 bits per heavy atom. The van der Waals surface area contributed by atoms with Gasteiger partial charge in [-0.2, -0.15) is 0 Å². The van der Waals surface area contributed by atoms with Crippen LogP contribution < -0.4 is 15.4 Å². The zero-order chi connectivity index (χ0) is 14.1. The van der Waals surface area contributed by atoms with Crippen LogP contribution in [0.2, 0.25) is 5.02 Å². The first-order valence-corrected chi connectivity index (χ1v) is 6.92. The van der Waals surface area contributed by atoms with Crippen LogP contribution in [0.3, 0.4) is 0 Å². The van der Waals surface area contributed by atoms with E-state index in [1.807, 2.05) is 25.1 Å². The Morgan fingerprint density at radius 3 is 2.75 bits per heavy atom. The quantitative estimate of drug-likeness (QED) is 0.327. The number of ether oxygens (including phenoxy) is 1. The molecule has 0 radical (unpaired) electrons. The van der Waals surface area contributed by atoms with E-state index in [9.17, 15) is 0 Å². The van der Waals surface area contributed by atoms with Gasteiger partial charge in [-0.15, -0.1) is 24.0 Å². The highest BCUT2D eigenvalue weighted by Crippen LogP contribution is 2.16. The largest absolute Gasteiger partial charge is 0.492 e. The highest BCUT2D eigenvalue weighted by Gasteiger charge is 1.99. The average Bonchev–Trinajstić information content (AvgIpc) is 2.34. The topological polar surface area (TPSA) is 45.7 Å². The molecule has 0 heterocycles. The highest BCUT2D eigenvalue weighted by molar-refractivity contribution is 14.0. The maximum absolute atomic E-state index is 5.88. The molecule has 0 amide bonds. The summed E-state index contributed by atoms with van der Waals surface area (Å²) in [7, 11) is 0. The van der Waals surface area contributed by atoms with Crippen LogP contribution in [0.25, 0.3) is 0 Å². The van der Waals surface area contributed by atoms with Gasteiger partial charge in [0.2, 0.25) is 0 Å². The normalized spacial score (nSPS) is 10.9. The van der Waals surface area contributed by atoms with Crippen LogP contribution in [-0.4, -0.2) is 31.7 Å². The van der Waals surface area contributed by atoms with E-state index in [1.165, 1.54) is 0 Å². The van der Waals surface area contributed by atoms with Gasteiger partial charge in [0.05, 0.1) is 6.54 Å². The van der Waals surface area contributed by atoms with Crippen molar-refractivity contribution in [2.24, 2.45) is 4.99 Å². The Hall–Kier alpha value is -0.690. The molecule has 0 unspecified atom stereocenters. The molecule has 1 aromatic rings. The molecule has 114 valence electrons.